The fourth-order valence-corrected chi connectivity index (χ4v) is 3.68. The number of hydrogen-bond donors (Lipinski definition) is 0. The Hall–Kier alpha value is -1.88. The quantitative estimate of drug-likeness (QED) is 0.809. The summed E-state index contributed by atoms with van der Waals surface area (Å²) in [5, 5.41) is 0.173. The van der Waals surface area contributed by atoms with E-state index in [0.717, 1.165) is 25.2 Å². The van der Waals surface area contributed by atoms with Crippen LogP contribution in [0.25, 0.3) is 0 Å². The van der Waals surface area contributed by atoms with Gasteiger partial charge in [0.2, 0.25) is 0 Å². The SMILES string of the molecule is CC(C)c1nccn1CC1CCN(C(=O)c2c(F)cccc2Cl)CC1. The molecule has 1 aliphatic heterocycles. The van der Waals surface area contributed by atoms with Crippen molar-refractivity contribution in [1.82, 2.24) is 14.5 Å². The second-order valence-corrected chi connectivity index (χ2v) is 7.33. The van der Waals surface area contributed by atoms with Crippen molar-refractivity contribution in [2.24, 2.45) is 5.92 Å². The molecule has 1 aliphatic rings. The third-order valence-electron chi connectivity index (χ3n) is 4.80. The first-order valence-electron chi connectivity index (χ1n) is 8.71. The number of likely N-dealkylation sites (tertiary alicyclic amines) is 1. The van der Waals surface area contributed by atoms with Crippen molar-refractivity contribution in [1.29, 1.82) is 0 Å². The summed E-state index contributed by atoms with van der Waals surface area (Å²) in [6.07, 6.45) is 5.65. The molecule has 0 unspecified atom stereocenters. The van der Waals surface area contributed by atoms with Crippen LogP contribution in [0.2, 0.25) is 5.02 Å². The van der Waals surface area contributed by atoms with E-state index < -0.39 is 5.82 Å². The number of benzene rings is 1. The summed E-state index contributed by atoms with van der Waals surface area (Å²) in [5.41, 5.74) is -0.0145. The summed E-state index contributed by atoms with van der Waals surface area (Å²) in [7, 11) is 0. The molecule has 4 nitrogen and oxygen atoms in total. The van der Waals surface area contributed by atoms with E-state index in [9.17, 15) is 9.18 Å². The summed E-state index contributed by atoms with van der Waals surface area (Å²) >= 11 is 6.02. The molecule has 3 rings (SSSR count). The maximum absolute atomic E-state index is 14.0. The molecule has 25 heavy (non-hydrogen) atoms. The van der Waals surface area contributed by atoms with E-state index in [-0.39, 0.29) is 16.5 Å². The van der Waals surface area contributed by atoms with Crippen LogP contribution in [0.3, 0.4) is 0 Å². The van der Waals surface area contributed by atoms with Gasteiger partial charge in [-0.1, -0.05) is 31.5 Å². The van der Waals surface area contributed by atoms with Gasteiger partial charge in [-0.05, 0) is 30.9 Å². The predicted octanol–water partition coefficient (Wildman–Crippen LogP) is 4.35. The monoisotopic (exact) mass is 363 g/mol. The largest absolute Gasteiger partial charge is 0.338 e. The Morgan fingerprint density at radius 3 is 2.72 bits per heavy atom. The number of imidazole rings is 1. The first-order valence-corrected chi connectivity index (χ1v) is 9.09. The van der Waals surface area contributed by atoms with Gasteiger partial charge in [-0.2, -0.15) is 0 Å². The third kappa shape index (κ3) is 3.87. The van der Waals surface area contributed by atoms with Crippen LogP contribution in [0, 0.1) is 11.7 Å². The van der Waals surface area contributed by atoms with E-state index in [0.29, 0.717) is 24.9 Å². The molecule has 0 N–H and O–H groups in total. The molecular weight excluding hydrogens is 341 g/mol. The molecule has 1 aromatic heterocycles. The normalized spacial score (nSPS) is 15.8. The zero-order chi connectivity index (χ0) is 18.0. The molecule has 1 amide bonds. The lowest BCUT2D eigenvalue weighted by Gasteiger charge is -2.32. The molecule has 0 atom stereocenters. The van der Waals surface area contributed by atoms with Gasteiger partial charge in [-0.25, -0.2) is 9.37 Å². The van der Waals surface area contributed by atoms with Crippen molar-refractivity contribution in [2.75, 3.05) is 13.1 Å². The Morgan fingerprint density at radius 2 is 2.08 bits per heavy atom. The molecule has 2 aromatic rings. The molecule has 6 heteroatoms. The number of rotatable bonds is 4. The van der Waals surface area contributed by atoms with E-state index >= 15 is 0 Å². The second kappa shape index (κ2) is 7.56. The number of halogens is 2. The molecule has 0 aliphatic carbocycles. The van der Waals surface area contributed by atoms with E-state index in [1.54, 1.807) is 11.0 Å². The molecule has 1 fully saturated rings. The Bertz CT molecular complexity index is 731. The summed E-state index contributed by atoms with van der Waals surface area (Å²) in [6.45, 7) is 6.44. The maximum Gasteiger partial charge on any atom is 0.258 e. The molecular formula is C19H23ClFN3O. The molecule has 2 heterocycles. The van der Waals surface area contributed by atoms with Crippen molar-refractivity contribution in [2.45, 2.75) is 39.2 Å². The van der Waals surface area contributed by atoms with Crippen molar-refractivity contribution in [3.05, 3.63) is 52.8 Å². The zero-order valence-electron chi connectivity index (χ0n) is 14.6. The minimum absolute atomic E-state index is 0.0145. The van der Waals surface area contributed by atoms with Crippen LogP contribution in [-0.4, -0.2) is 33.4 Å². The number of hydrogen-bond acceptors (Lipinski definition) is 2. The number of carbonyl (C=O) groups excluding carboxylic acids is 1. The topological polar surface area (TPSA) is 38.1 Å². The summed E-state index contributed by atoms with van der Waals surface area (Å²) < 4.78 is 16.2. The molecule has 134 valence electrons. The second-order valence-electron chi connectivity index (χ2n) is 6.92. The average molecular weight is 364 g/mol. The minimum atomic E-state index is -0.556. The van der Waals surface area contributed by atoms with Crippen LogP contribution in [0.1, 0.15) is 48.8 Å². The predicted molar refractivity (Wildman–Crippen MR) is 96.4 cm³/mol. The summed E-state index contributed by atoms with van der Waals surface area (Å²) in [4.78, 5) is 18.7. The fourth-order valence-electron chi connectivity index (χ4n) is 3.43. The van der Waals surface area contributed by atoms with E-state index in [1.165, 1.54) is 12.1 Å². The highest BCUT2D eigenvalue weighted by atomic mass is 35.5. The Labute approximate surface area is 152 Å². The first-order chi connectivity index (χ1) is 12.0. The van der Waals surface area contributed by atoms with Crippen LogP contribution >= 0.6 is 11.6 Å². The molecule has 0 bridgehead atoms. The van der Waals surface area contributed by atoms with Gasteiger partial charge in [-0.15, -0.1) is 0 Å². The Kier molecular flexibility index (Phi) is 5.42. The molecule has 0 radical (unpaired) electrons. The first kappa shape index (κ1) is 17.9. The van der Waals surface area contributed by atoms with Gasteiger partial charge in [0.25, 0.3) is 5.91 Å². The molecule has 0 spiro atoms. The van der Waals surface area contributed by atoms with Gasteiger partial charge in [-0.3, -0.25) is 4.79 Å². The lowest BCUT2D eigenvalue weighted by Crippen LogP contribution is -2.39. The van der Waals surface area contributed by atoms with E-state index in [4.69, 9.17) is 11.6 Å². The summed E-state index contributed by atoms with van der Waals surface area (Å²) in [6, 6.07) is 4.34. The number of carbonyl (C=O) groups is 1. The summed E-state index contributed by atoms with van der Waals surface area (Å²) in [5.74, 6) is 1.11. The highest BCUT2D eigenvalue weighted by molar-refractivity contribution is 6.33. The number of aromatic nitrogens is 2. The Balaban J connectivity index is 1.62. The van der Waals surface area contributed by atoms with Crippen molar-refractivity contribution in [3.63, 3.8) is 0 Å². The smallest absolute Gasteiger partial charge is 0.258 e. The van der Waals surface area contributed by atoms with Gasteiger partial charge in [0, 0.05) is 37.9 Å². The van der Waals surface area contributed by atoms with Crippen LogP contribution in [0.4, 0.5) is 4.39 Å². The highest BCUT2D eigenvalue weighted by Crippen LogP contribution is 2.26. The number of piperidine rings is 1. The maximum atomic E-state index is 14.0. The lowest BCUT2D eigenvalue weighted by atomic mass is 9.96. The standard InChI is InChI=1S/C19H23ClFN3O/c1-13(2)18-22-8-11-24(18)12-14-6-9-23(10-7-14)19(25)17-15(20)4-3-5-16(17)21/h3-5,8,11,13-14H,6-7,9-10,12H2,1-2H3. The minimum Gasteiger partial charge on any atom is -0.338 e. The average Bonchev–Trinajstić information content (AvgIpc) is 3.03. The zero-order valence-corrected chi connectivity index (χ0v) is 15.3. The Morgan fingerprint density at radius 1 is 1.36 bits per heavy atom. The van der Waals surface area contributed by atoms with E-state index in [1.807, 2.05) is 12.4 Å². The van der Waals surface area contributed by atoms with Crippen molar-refractivity contribution in [3.8, 4) is 0 Å². The fraction of sp³-hybridized carbons (Fsp3) is 0.474. The van der Waals surface area contributed by atoms with Crippen LogP contribution < -0.4 is 0 Å². The molecule has 1 aromatic carbocycles. The van der Waals surface area contributed by atoms with Crippen molar-refractivity contribution < 1.29 is 9.18 Å². The number of amides is 1. The van der Waals surface area contributed by atoms with Gasteiger partial charge >= 0.3 is 0 Å². The third-order valence-corrected chi connectivity index (χ3v) is 5.11. The van der Waals surface area contributed by atoms with Crippen LogP contribution in [-0.2, 0) is 6.54 Å². The van der Waals surface area contributed by atoms with Gasteiger partial charge in [0.05, 0.1) is 10.6 Å². The molecule has 1 saturated heterocycles. The van der Waals surface area contributed by atoms with Crippen LogP contribution in [0.15, 0.2) is 30.6 Å². The van der Waals surface area contributed by atoms with Gasteiger partial charge in [0.1, 0.15) is 11.6 Å². The van der Waals surface area contributed by atoms with E-state index in [2.05, 4.69) is 23.4 Å². The van der Waals surface area contributed by atoms with Crippen LogP contribution in [0.5, 0.6) is 0 Å². The molecule has 0 saturated carbocycles. The van der Waals surface area contributed by atoms with Gasteiger partial charge < -0.3 is 9.47 Å². The lowest BCUT2D eigenvalue weighted by molar-refractivity contribution is 0.0678. The highest BCUT2D eigenvalue weighted by Gasteiger charge is 2.27. The number of nitrogens with zero attached hydrogens (tertiary/aromatic N) is 3. The van der Waals surface area contributed by atoms with Crippen molar-refractivity contribution >= 4 is 17.5 Å². The van der Waals surface area contributed by atoms with Gasteiger partial charge in [0.15, 0.2) is 0 Å².